The summed E-state index contributed by atoms with van der Waals surface area (Å²) in [6.45, 7) is 2.86. The van der Waals surface area contributed by atoms with Crippen LogP contribution in [0.3, 0.4) is 0 Å². The third-order valence-electron chi connectivity index (χ3n) is 5.28. The maximum Gasteiger partial charge on any atom is 0.272 e. The van der Waals surface area contributed by atoms with E-state index in [0.29, 0.717) is 18.3 Å². The number of rotatable bonds is 5. The molecule has 0 bridgehead atoms. The van der Waals surface area contributed by atoms with Gasteiger partial charge in [-0.2, -0.15) is 0 Å². The Morgan fingerprint density at radius 1 is 1.14 bits per heavy atom. The predicted octanol–water partition coefficient (Wildman–Crippen LogP) is 3.87. The highest BCUT2D eigenvalue weighted by molar-refractivity contribution is 5.92. The van der Waals surface area contributed by atoms with Crippen molar-refractivity contribution >= 4 is 17.3 Å². The Hall–Kier alpha value is -3.21. The van der Waals surface area contributed by atoms with Gasteiger partial charge in [-0.3, -0.25) is 9.78 Å². The van der Waals surface area contributed by atoms with Crippen molar-refractivity contribution in [1.29, 1.82) is 0 Å². The number of fused-ring (bicyclic) bond motifs is 1. The molecule has 5 nitrogen and oxygen atoms in total. The van der Waals surface area contributed by atoms with Gasteiger partial charge >= 0.3 is 0 Å². The molecular weight excluding hydrogens is 348 g/mol. The molecule has 1 aliphatic rings. The molecule has 2 aromatic heterocycles. The fourth-order valence-corrected chi connectivity index (χ4v) is 3.76. The zero-order chi connectivity index (χ0) is 19.5. The lowest BCUT2D eigenvalue weighted by Crippen LogP contribution is -2.30. The van der Waals surface area contributed by atoms with Crippen molar-refractivity contribution in [2.24, 2.45) is 0 Å². The van der Waals surface area contributed by atoms with Crippen molar-refractivity contribution in [3.63, 3.8) is 0 Å². The standard InChI is InChI=1S/C23H24N4O/c1-17-15-19-5-3-4-6-22(19)27(17)20-7-8-21(25-16-20)23(28)26(2)14-11-18-9-12-24-13-10-18/h3-10,12-13,16-17H,11,14-15H2,1-2H3. The first-order valence-corrected chi connectivity index (χ1v) is 9.61. The van der Waals surface area contributed by atoms with Gasteiger partial charge in [0.05, 0.1) is 11.9 Å². The van der Waals surface area contributed by atoms with E-state index in [0.717, 1.165) is 18.5 Å². The van der Waals surface area contributed by atoms with E-state index in [-0.39, 0.29) is 5.91 Å². The van der Waals surface area contributed by atoms with Gasteiger partial charge in [-0.1, -0.05) is 18.2 Å². The number of amides is 1. The molecule has 1 aromatic carbocycles. The van der Waals surface area contributed by atoms with Crippen LogP contribution in [0, 0.1) is 0 Å². The summed E-state index contributed by atoms with van der Waals surface area (Å²) < 4.78 is 0. The van der Waals surface area contributed by atoms with Gasteiger partial charge in [0, 0.05) is 37.7 Å². The van der Waals surface area contributed by atoms with Gasteiger partial charge < -0.3 is 9.80 Å². The normalized spacial score (nSPS) is 15.4. The Bertz CT molecular complexity index is 956. The largest absolute Gasteiger partial charge is 0.340 e. The van der Waals surface area contributed by atoms with Gasteiger partial charge in [-0.15, -0.1) is 0 Å². The molecule has 3 aromatic rings. The summed E-state index contributed by atoms with van der Waals surface area (Å²) in [6.07, 6.45) is 7.17. The number of anilines is 2. The van der Waals surface area contributed by atoms with E-state index >= 15 is 0 Å². The van der Waals surface area contributed by atoms with Crippen LogP contribution in [-0.2, 0) is 12.8 Å². The predicted molar refractivity (Wildman–Crippen MR) is 111 cm³/mol. The van der Waals surface area contributed by atoms with Crippen molar-refractivity contribution in [2.75, 3.05) is 18.5 Å². The van der Waals surface area contributed by atoms with Crippen LogP contribution < -0.4 is 4.90 Å². The summed E-state index contributed by atoms with van der Waals surface area (Å²) in [5.74, 6) is -0.0597. The maximum atomic E-state index is 12.7. The van der Waals surface area contributed by atoms with E-state index in [1.54, 1.807) is 17.3 Å². The van der Waals surface area contributed by atoms with Crippen molar-refractivity contribution in [1.82, 2.24) is 14.9 Å². The molecule has 0 radical (unpaired) electrons. The summed E-state index contributed by atoms with van der Waals surface area (Å²) in [5.41, 5.74) is 5.24. The highest BCUT2D eigenvalue weighted by Gasteiger charge is 2.27. The SMILES string of the molecule is CC1Cc2ccccc2N1c1ccc(C(=O)N(C)CCc2ccncc2)nc1. The zero-order valence-electron chi connectivity index (χ0n) is 16.2. The van der Waals surface area contributed by atoms with Gasteiger partial charge in [-0.25, -0.2) is 4.98 Å². The number of carbonyl (C=O) groups excluding carboxylic acids is 1. The van der Waals surface area contributed by atoms with Crippen LogP contribution in [-0.4, -0.2) is 40.4 Å². The Labute approximate surface area is 165 Å². The van der Waals surface area contributed by atoms with Crippen LogP contribution in [0.2, 0.25) is 0 Å². The molecule has 1 aliphatic heterocycles. The first-order chi connectivity index (χ1) is 13.6. The maximum absolute atomic E-state index is 12.7. The summed E-state index contributed by atoms with van der Waals surface area (Å²) in [6, 6.07) is 16.6. The minimum absolute atomic E-state index is 0.0597. The highest BCUT2D eigenvalue weighted by atomic mass is 16.2. The molecule has 0 saturated carbocycles. The lowest BCUT2D eigenvalue weighted by molar-refractivity contribution is 0.0791. The van der Waals surface area contributed by atoms with Gasteiger partial charge in [0.2, 0.25) is 0 Å². The number of benzene rings is 1. The van der Waals surface area contributed by atoms with E-state index in [4.69, 9.17) is 0 Å². The van der Waals surface area contributed by atoms with Crippen LogP contribution in [0.4, 0.5) is 11.4 Å². The molecule has 0 saturated heterocycles. The van der Waals surface area contributed by atoms with Crippen LogP contribution in [0.5, 0.6) is 0 Å². The first-order valence-electron chi connectivity index (χ1n) is 9.61. The monoisotopic (exact) mass is 372 g/mol. The summed E-state index contributed by atoms with van der Waals surface area (Å²) in [4.78, 5) is 25.2. The van der Waals surface area contributed by atoms with E-state index in [1.807, 2.05) is 37.5 Å². The van der Waals surface area contributed by atoms with E-state index in [2.05, 4.69) is 46.1 Å². The Morgan fingerprint density at radius 2 is 1.93 bits per heavy atom. The molecule has 1 atom stereocenters. The van der Waals surface area contributed by atoms with Crippen LogP contribution in [0.1, 0.15) is 28.5 Å². The molecular formula is C23H24N4O. The smallest absolute Gasteiger partial charge is 0.272 e. The Kier molecular flexibility index (Phi) is 5.06. The number of carbonyl (C=O) groups is 1. The molecule has 28 heavy (non-hydrogen) atoms. The lowest BCUT2D eigenvalue weighted by atomic mass is 10.1. The minimum atomic E-state index is -0.0597. The average molecular weight is 372 g/mol. The van der Waals surface area contributed by atoms with E-state index < -0.39 is 0 Å². The Morgan fingerprint density at radius 3 is 2.68 bits per heavy atom. The number of hydrogen-bond acceptors (Lipinski definition) is 4. The molecule has 1 amide bonds. The van der Waals surface area contributed by atoms with E-state index in [9.17, 15) is 4.79 Å². The molecule has 0 spiro atoms. The number of nitrogens with zero attached hydrogens (tertiary/aromatic N) is 4. The quantitative estimate of drug-likeness (QED) is 0.682. The molecule has 1 unspecified atom stereocenters. The van der Waals surface area contributed by atoms with Crippen molar-refractivity contribution < 1.29 is 4.79 Å². The number of likely N-dealkylation sites (N-methyl/N-ethyl adjacent to an activating group) is 1. The third kappa shape index (κ3) is 3.60. The highest BCUT2D eigenvalue weighted by Crippen LogP contribution is 2.37. The number of para-hydroxylation sites is 1. The number of hydrogen-bond donors (Lipinski definition) is 0. The topological polar surface area (TPSA) is 49.3 Å². The molecule has 3 heterocycles. The Balaban J connectivity index is 1.45. The van der Waals surface area contributed by atoms with Gasteiger partial charge in [-0.05, 0) is 61.2 Å². The van der Waals surface area contributed by atoms with Gasteiger partial charge in [0.15, 0.2) is 0 Å². The number of aromatic nitrogens is 2. The molecule has 0 aliphatic carbocycles. The average Bonchev–Trinajstić information content (AvgIpc) is 3.08. The van der Waals surface area contributed by atoms with Crippen molar-refractivity contribution in [3.8, 4) is 0 Å². The fraction of sp³-hybridized carbons (Fsp3) is 0.261. The second-order valence-electron chi connectivity index (χ2n) is 7.29. The lowest BCUT2D eigenvalue weighted by Gasteiger charge is -2.25. The van der Waals surface area contributed by atoms with Crippen molar-refractivity contribution in [2.45, 2.75) is 25.8 Å². The number of pyridine rings is 2. The summed E-state index contributed by atoms with van der Waals surface area (Å²) in [7, 11) is 1.82. The van der Waals surface area contributed by atoms with Gasteiger partial charge in [0.25, 0.3) is 5.91 Å². The molecule has 142 valence electrons. The van der Waals surface area contributed by atoms with Gasteiger partial charge in [0.1, 0.15) is 5.69 Å². The minimum Gasteiger partial charge on any atom is -0.340 e. The van der Waals surface area contributed by atoms with Crippen molar-refractivity contribution in [3.05, 3.63) is 83.9 Å². The second kappa shape index (κ2) is 7.80. The summed E-state index contributed by atoms with van der Waals surface area (Å²) >= 11 is 0. The van der Waals surface area contributed by atoms with Crippen LogP contribution in [0.25, 0.3) is 0 Å². The molecule has 0 N–H and O–H groups in total. The first kappa shape index (κ1) is 18.2. The fourth-order valence-electron chi connectivity index (χ4n) is 3.76. The van der Waals surface area contributed by atoms with E-state index in [1.165, 1.54) is 16.8 Å². The second-order valence-corrected chi connectivity index (χ2v) is 7.29. The molecule has 5 heteroatoms. The third-order valence-corrected chi connectivity index (χ3v) is 5.28. The zero-order valence-corrected chi connectivity index (χ0v) is 16.2. The van der Waals surface area contributed by atoms with Crippen LogP contribution >= 0.6 is 0 Å². The molecule has 4 rings (SSSR count). The van der Waals surface area contributed by atoms with Crippen LogP contribution in [0.15, 0.2) is 67.1 Å². The molecule has 0 fully saturated rings. The summed E-state index contributed by atoms with van der Waals surface area (Å²) in [5, 5.41) is 0.